The Morgan fingerprint density at radius 2 is 1.88 bits per heavy atom. The Morgan fingerprint density at radius 1 is 1.17 bits per heavy atom. The van der Waals surface area contributed by atoms with Crippen molar-refractivity contribution in [2.45, 2.75) is 5.25 Å². The molecule has 1 aliphatic rings. The van der Waals surface area contributed by atoms with Crippen LogP contribution >= 0.6 is 10.5 Å². The second-order valence-electron chi connectivity index (χ2n) is 5.40. The molecule has 0 fully saturated rings. The van der Waals surface area contributed by atoms with Crippen molar-refractivity contribution in [3.05, 3.63) is 35.9 Å². The van der Waals surface area contributed by atoms with Gasteiger partial charge in [-0.2, -0.15) is 0 Å². The van der Waals surface area contributed by atoms with Crippen molar-refractivity contribution in [1.29, 1.82) is 0 Å². The average Bonchev–Trinajstić information content (AvgIpc) is 2.94. The lowest BCUT2D eigenvalue weighted by molar-refractivity contribution is 0.281. The minimum absolute atomic E-state index is 0.0146. The number of hydrogen-bond acceptors (Lipinski definition) is 6. The van der Waals surface area contributed by atoms with E-state index in [4.69, 9.17) is 10.8 Å². The van der Waals surface area contributed by atoms with Crippen LogP contribution < -0.4 is 10.6 Å². The fourth-order valence-electron chi connectivity index (χ4n) is 2.65. The van der Waals surface area contributed by atoms with Crippen molar-refractivity contribution in [2.75, 3.05) is 50.1 Å². The lowest BCUT2D eigenvalue weighted by Crippen LogP contribution is -2.29. The molecule has 0 bridgehead atoms. The number of aliphatic hydroxyl groups is 3. The van der Waals surface area contributed by atoms with Gasteiger partial charge in [0.25, 0.3) is 0 Å². The van der Waals surface area contributed by atoms with E-state index in [9.17, 15) is 10.2 Å². The summed E-state index contributed by atoms with van der Waals surface area (Å²) in [7, 11) is -0.360. The molecule has 0 amide bonds. The summed E-state index contributed by atoms with van der Waals surface area (Å²) in [5.41, 5.74) is 8.74. The lowest BCUT2D eigenvalue weighted by Gasteiger charge is -2.25. The Balaban J connectivity index is 2.29. The first-order valence-corrected chi connectivity index (χ1v) is 9.30. The molecule has 1 aromatic rings. The van der Waals surface area contributed by atoms with Crippen LogP contribution in [0.25, 0.3) is 0 Å². The highest BCUT2D eigenvalue weighted by molar-refractivity contribution is 8.28. The van der Waals surface area contributed by atoms with Gasteiger partial charge < -0.3 is 26.0 Å². The first-order valence-electron chi connectivity index (χ1n) is 7.84. The van der Waals surface area contributed by atoms with E-state index in [-0.39, 0.29) is 35.6 Å². The topological polar surface area (TPSA) is 102 Å². The van der Waals surface area contributed by atoms with E-state index >= 15 is 0 Å². The van der Waals surface area contributed by atoms with Crippen LogP contribution in [0.2, 0.25) is 0 Å². The minimum atomic E-state index is -0.360. The Labute approximate surface area is 144 Å². The highest BCUT2D eigenvalue weighted by atomic mass is 32.2. The van der Waals surface area contributed by atoms with Crippen LogP contribution in [0.1, 0.15) is 10.8 Å². The molecule has 0 aromatic heterocycles. The fraction of sp³-hybridized carbons (Fsp3) is 0.412. The summed E-state index contributed by atoms with van der Waals surface area (Å²) in [6.45, 7) is 1.32. The van der Waals surface area contributed by atoms with Crippen molar-refractivity contribution in [3.8, 4) is 0 Å². The van der Waals surface area contributed by atoms with Crippen molar-refractivity contribution in [1.82, 2.24) is 0 Å². The molecule has 2 rings (SSSR count). The summed E-state index contributed by atoms with van der Waals surface area (Å²) in [4.78, 5) is 6.28. The SMILES string of the molecule is C=S1C(=NCCO)C=CC1c1cc(N(CCO)CCO)ccc1N. The molecule has 2 unspecified atom stereocenters. The second-order valence-corrected chi connectivity index (χ2v) is 7.18. The number of anilines is 2. The predicted octanol–water partition coefficient (Wildman–Crippen LogP) is 0.762. The van der Waals surface area contributed by atoms with Crippen LogP contribution in [-0.4, -0.2) is 65.7 Å². The molecule has 0 radical (unpaired) electrons. The van der Waals surface area contributed by atoms with Gasteiger partial charge in [0.1, 0.15) is 0 Å². The van der Waals surface area contributed by atoms with Crippen LogP contribution in [0.3, 0.4) is 0 Å². The van der Waals surface area contributed by atoms with E-state index in [0.717, 1.165) is 16.3 Å². The highest BCUT2D eigenvalue weighted by Crippen LogP contribution is 2.44. The first-order chi connectivity index (χ1) is 11.6. The zero-order chi connectivity index (χ0) is 17.5. The molecule has 1 heterocycles. The number of nitrogen functional groups attached to an aromatic ring is 1. The van der Waals surface area contributed by atoms with E-state index in [0.29, 0.717) is 25.3 Å². The monoisotopic (exact) mass is 351 g/mol. The third-order valence-electron chi connectivity index (χ3n) is 3.84. The number of nitrogens with zero attached hydrogens (tertiary/aromatic N) is 2. The molecule has 6 nitrogen and oxygen atoms in total. The number of hydrogen-bond donors (Lipinski definition) is 4. The van der Waals surface area contributed by atoms with Gasteiger partial charge in [0.2, 0.25) is 0 Å². The molecule has 0 saturated carbocycles. The highest BCUT2D eigenvalue weighted by Gasteiger charge is 2.23. The average molecular weight is 351 g/mol. The quantitative estimate of drug-likeness (QED) is 0.409. The Bertz CT molecular complexity index is 640. The van der Waals surface area contributed by atoms with Crippen LogP contribution in [0.4, 0.5) is 11.4 Å². The number of aliphatic imine (C=N–C) groups is 1. The Morgan fingerprint density at radius 3 is 2.50 bits per heavy atom. The summed E-state index contributed by atoms with van der Waals surface area (Å²) in [5.74, 6) is 4.22. The number of benzene rings is 1. The van der Waals surface area contributed by atoms with Gasteiger partial charge in [-0.25, -0.2) is 0 Å². The summed E-state index contributed by atoms with van der Waals surface area (Å²) >= 11 is 0. The zero-order valence-corrected chi connectivity index (χ0v) is 14.5. The van der Waals surface area contributed by atoms with Crippen LogP contribution in [-0.2, 0) is 0 Å². The molecule has 0 spiro atoms. The van der Waals surface area contributed by atoms with Crippen LogP contribution in [0.5, 0.6) is 0 Å². The van der Waals surface area contributed by atoms with Crippen LogP contribution in [0.15, 0.2) is 35.3 Å². The summed E-state index contributed by atoms with van der Waals surface area (Å²) in [5, 5.41) is 28.3. The molecule has 0 aliphatic carbocycles. The second kappa shape index (κ2) is 8.98. The number of nitrogens with two attached hydrogens (primary N) is 1. The van der Waals surface area contributed by atoms with Crippen molar-refractivity contribution in [3.63, 3.8) is 0 Å². The number of aliphatic hydroxyl groups excluding tert-OH is 3. The third-order valence-corrected chi connectivity index (χ3v) is 5.66. The maximum atomic E-state index is 9.22. The molecule has 0 saturated heterocycles. The van der Waals surface area contributed by atoms with E-state index in [2.05, 4.69) is 10.9 Å². The molecule has 5 N–H and O–H groups in total. The molecule has 24 heavy (non-hydrogen) atoms. The molecule has 1 aromatic carbocycles. The normalized spacial score (nSPS) is 21.5. The first kappa shape index (κ1) is 18.7. The van der Waals surface area contributed by atoms with Gasteiger partial charge in [-0.15, -0.1) is 10.5 Å². The Kier molecular flexibility index (Phi) is 6.99. The fourth-order valence-corrected chi connectivity index (χ4v) is 4.20. The van der Waals surface area contributed by atoms with Gasteiger partial charge in [-0.05, 0) is 29.8 Å². The van der Waals surface area contributed by atoms with Crippen molar-refractivity contribution < 1.29 is 15.3 Å². The maximum absolute atomic E-state index is 9.22. The van der Waals surface area contributed by atoms with Gasteiger partial charge >= 0.3 is 0 Å². The number of rotatable bonds is 8. The van der Waals surface area contributed by atoms with Crippen molar-refractivity contribution in [2.24, 2.45) is 4.99 Å². The smallest absolute Gasteiger partial charge is 0.0852 e. The largest absolute Gasteiger partial charge is 0.398 e. The van der Waals surface area contributed by atoms with E-state index < -0.39 is 0 Å². The molecular weight excluding hydrogens is 326 g/mol. The van der Waals surface area contributed by atoms with E-state index in [1.807, 2.05) is 35.3 Å². The maximum Gasteiger partial charge on any atom is 0.0852 e. The van der Waals surface area contributed by atoms with E-state index in [1.54, 1.807) is 0 Å². The molecule has 1 aliphatic heterocycles. The van der Waals surface area contributed by atoms with Gasteiger partial charge in [-0.1, -0.05) is 11.9 Å². The third kappa shape index (κ3) is 4.24. The Hall–Kier alpha value is -1.67. The lowest BCUT2D eigenvalue weighted by atomic mass is 10.1. The predicted molar refractivity (Wildman–Crippen MR) is 103 cm³/mol. The van der Waals surface area contributed by atoms with E-state index in [1.165, 1.54) is 0 Å². The molecule has 132 valence electrons. The van der Waals surface area contributed by atoms with Gasteiger partial charge in [0.05, 0.1) is 36.7 Å². The van der Waals surface area contributed by atoms with Gasteiger partial charge in [0, 0.05) is 24.5 Å². The molecule has 2 atom stereocenters. The standard InChI is InChI=1S/C17H25N3O3S/c1-24-16(4-5-17(24)19-6-9-21)14-12-13(2-3-15(14)18)20(7-10-22)8-11-23/h2-5,12,16,21-23H,1,6-11,18H2. The summed E-state index contributed by atoms with van der Waals surface area (Å²) < 4.78 is 0. The van der Waals surface area contributed by atoms with Gasteiger partial charge in [0.15, 0.2) is 0 Å². The molecular formula is C17H25N3O3S. The molecule has 7 heteroatoms. The zero-order valence-electron chi connectivity index (χ0n) is 13.6. The summed E-state index contributed by atoms with van der Waals surface area (Å²) in [6.07, 6.45) is 3.99. The summed E-state index contributed by atoms with van der Waals surface area (Å²) in [6, 6.07) is 5.74. The van der Waals surface area contributed by atoms with Crippen LogP contribution in [0, 0.1) is 0 Å². The minimum Gasteiger partial charge on any atom is -0.398 e. The van der Waals surface area contributed by atoms with Crippen molar-refractivity contribution >= 4 is 32.8 Å². The van der Waals surface area contributed by atoms with Gasteiger partial charge in [-0.3, -0.25) is 4.99 Å².